The molecule has 0 aliphatic carbocycles. The van der Waals surface area contributed by atoms with E-state index in [1.165, 1.54) is 0 Å². The summed E-state index contributed by atoms with van der Waals surface area (Å²) in [6, 6.07) is 0. The van der Waals surface area contributed by atoms with Gasteiger partial charge in [0.1, 0.15) is 171 Å². The Hall–Kier alpha value is -2.03. The zero-order valence-electron chi connectivity index (χ0n) is 71.5. The second kappa shape index (κ2) is 53.5. The quantitative estimate of drug-likeness (QED) is 0.0199. The van der Waals surface area contributed by atoms with Gasteiger partial charge < -0.3 is 171 Å². The Morgan fingerprint density at radius 2 is 0.263 bits per heavy atom. The molecule has 21 fully saturated rings. The Morgan fingerprint density at radius 3 is 0.361 bits per heavy atom. The molecule has 21 aliphatic heterocycles. The lowest BCUT2D eigenvalue weighted by atomic mass is 9.95. The van der Waals surface area contributed by atoms with Crippen LogP contribution in [-0.2, 0) is 170 Å². The number of hydrogen-bond donors (Lipinski definition) is 21. The zero-order valence-corrected chi connectivity index (χ0v) is 77.2. The van der Waals surface area contributed by atoms with Crippen molar-refractivity contribution in [3.8, 4) is 0 Å². The molecule has 0 amide bonds. The standard InChI is InChI=1S/C70H126O56S7/c71-43-50(78)64-113-36(29-106-15-1-8-22-127(85,86)87)57(43)120-65-51(79)44(72)59(38(114-65)31-108-17-3-10-24-129(91,92)93)122-67-53(81)46(74)61(40(116-67)33-110-19-5-12-26-131(97,98)99)124-69-55(83)48(76)63(42(118-69)35-112-21-7-14-28-133(103,104)105)126-70-56(84)49(77)62(41(119-70)34-111-20-6-13-27-132(100,101)102)125-68-54(82)47(75)60(39(117-68)32-109-18-4-11-25-130(94,95)96)123-66-52(80)45(73)58(121-64)37(115-66)30-107-16-2-9-23-128(88,89)90/h36-84H,1-35H2,(H,85,86,87)(H,88,89,90)(H,91,92,93)(H,94,95,96)(H,97,98,99)(H,100,101,102)(H,103,104,105)/t36?,37?,38?,39?,40?,41?,42?,43-,44-,45-,46-,47-,48-,49-,50?,51?,52?,53?,54?,55?,56?,57-,58-,59-,60-,61-,62-,63-,64-,65-,66-,67-,68-,69-,70+/m1/s1. The van der Waals surface area contributed by atoms with E-state index in [2.05, 4.69) is 0 Å². The van der Waals surface area contributed by atoms with E-state index in [9.17, 15) is 162 Å². The largest absolute Gasteiger partial charge is 0.387 e. The van der Waals surface area contributed by atoms with E-state index in [4.69, 9.17) is 99.5 Å². The van der Waals surface area contributed by atoms with Gasteiger partial charge in [-0.25, -0.2) is 0 Å². The molecule has 133 heavy (non-hydrogen) atoms. The van der Waals surface area contributed by atoms with Gasteiger partial charge in [0.25, 0.3) is 70.8 Å². The first-order valence-electron chi connectivity index (χ1n) is 42.6. The van der Waals surface area contributed by atoms with Gasteiger partial charge in [0.15, 0.2) is 44.0 Å². The van der Waals surface area contributed by atoms with E-state index in [1.54, 1.807) is 0 Å². The molecule has 21 aliphatic rings. The number of unbranched alkanes of at least 4 members (excludes halogenated alkanes) is 7. The van der Waals surface area contributed by atoms with Crippen LogP contribution in [-0.4, -0.2) is 510 Å². The smallest absolute Gasteiger partial charge is 0.264 e. The molecule has 21 saturated heterocycles. The maximum Gasteiger partial charge on any atom is 0.264 e. The van der Waals surface area contributed by atoms with Gasteiger partial charge in [-0.3, -0.25) is 31.9 Å². The fourth-order valence-electron chi connectivity index (χ4n) is 15.1. The first kappa shape index (κ1) is 116. The topological polar surface area (TPSA) is 858 Å². The molecule has 0 aromatic carbocycles. The third kappa shape index (κ3) is 38.2. The second-order valence-electron chi connectivity index (χ2n) is 32.9. The van der Waals surface area contributed by atoms with E-state index in [0.717, 1.165) is 0 Å². The summed E-state index contributed by atoms with van der Waals surface area (Å²) in [4.78, 5) is 0. The van der Waals surface area contributed by atoms with Crippen LogP contribution in [0.3, 0.4) is 0 Å². The van der Waals surface area contributed by atoms with E-state index < -0.39 is 372 Å². The summed E-state index contributed by atoms with van der Waals surface area (Å²) in [7, 11) is -31.6. The third-order valence-electron chi connectivity index (χ3n) is 22.1. The Kier molecular flexibility index (Phi) is 46.8. The van der Waals surface area contributed by atoms with Gasteiger partial charge in [-0.15, -0.1) is 0 Å². The van der Waals surface area contributed by atoms with Gasteiger partial charge in [-0.1, -0.05) is 0 Å². The molecule has 14 bridgehead atoms. The van der Waals surface area contributed by atoms with Crippen LogP contribution in [0.5, 0.6) is 0 Å². The summed E-state index contributed by atoms with van der Waals surface area (Å²) in [5.41, 5.74) is 0. The predicted molar refractivity (Wildman–Crippen MR) is 434 cm³/mol. The van der Waals surface area contributed by atoms with Crippen molar-refractivity contribution in [2.45, 2.75) is 305 Å². The highest BCUT2D eigenvalue weighted by Gasteiger charge is 2.60. The van der Waals surface area contributed by atoms with E-state index in [-0.39, 0.29) is 136 Å². The van der Waals surface area contributed by atoms with Crippen LogP contribution in [0.2, 0.25) is 0 Å². The molecular weight excluding hydrogens is 1960 g/mol. The lowest BCUT2D eigenvalue weighted by Crippen LogP contribution is -2.68. The van der Waals surface area contributed by atoms with Crippen molar-refractivity contribution in [1.82, 2.24) is 0 Å². The number of ether oxygens (including phenoxy) is 21. The van der Waals surface area contributed by atoms with Gasteiger partial charge in [-0.05, 0) is 89.9 Å². The van der Waals surface area contributed by atoms with Crippen LogP contribution >= 0.6 is 0 Å². The zero-order chi connectivity index (χ0) is 98.3. The van der Waals surface area contributed by atoms with Gasteiger partial charge in [0.2, 0.25) is 0 Å². The molecule has 14 unspecified atom stereocenters. The van der Waals surface area contributed by atoms with Gasteiger partial charge in [0.05, 0.1) is 86.5 Å². The van der Waals surface area contributed by atoms with Crippen molar-refractivity contribution in [3.05, 3.63) is 0 Å². The SMILES string of the molecule is O=S(=O)(O)CCCCOCC1O[C@@H]2O[C@@H]3C(COCCCCS(=O)(=O)O)O[C@H](O[C@@H]4C(COCCCCS(=O)(=O)O)O[C@H](O[C@@H]5C(COCCCCS(=O)(=O)O)O[C@@H](O[C@@H]6C(COCCCCS(=O)(=O)O)O[C@H](O[C@@H]7C(COCCCCS(=O)(=O)O)O[C@H](O[C@@H]8C(COCCCCS(=O)(=O)O)O[C@H](O[C@H]1[C@H](O)C2O)C(O)[C@H]8O)C(O)[C@H]7O)C(O)[C@H]6O)C(O)[C@H]5O)C(O)[C@H]4O)C(O)[C@H]3O. The Balaban J connectivity index is 1.24. The van der Waals surface area contributed by atoms with Crippen molar-refractivity contribution in [2.24, 2.45) is 0 Å². The fraction of sp³-hybridized carbons (Fsp3) is 1.00. The Bertz CT molecular complexity index is 3520. The maximum atomic E-state index is 12.3. The van der Waals surface area contributed by atoms with Crippen molar-refractivity contribution < 1.29 is 262 Å². The number of rotatable bonds is 49. The summed E-state index contributed by atoms with van der Waals surface area (Å²) < 4.78 is 357. The predicted octanol–water partition coefficient (Wildman–Crippen LogP) is -10.4. The van der Waals surface area contributed by atoms with E-state index in [0.29, 0.717) is 0 Å². The van der Waals surface area contributed by atoms with Crippen LogP contribution in [0.4, 0.5) is 0 Å². The van der Waals surface area contributed by atoms with Crippen molar-refractivity contribution >= 4 is 70.8 Å². The van der Waals surface area contributed by atoms with Crippen LogP contribution in [0.1, 0.15) is 89.9 Å². The molecule has 21 heterocycles. The van der Waals surface area contributed by atoms with Crippen molar-refractivity contribution in [3.63, 3.8) is 0 Å². The molecule has 0 saturated carbocycles. The minimum absolute atomic E-state index is 0.120. The van der Waals surface area contributed by atoms with Crippen molar-refractivity contribution in [2.75, 3.05) is 133 Å². The number of hydrogen-bond acceptors (Lipinski definition) is 49. The summed E-state index contributed by atoms with van der Waals surface area (Å²) in [6.07, 6.45) is -80.1. The Morgan fingerprint density at radius 1 is 0.158 bits per heavy atom. The van der Waals surface area contributed by atoms with Crippen LogP contribution in [0.25, 0.3) is 0 Å². The molecule has 0 spiro atoms. The minimum atomic E-state index is -4.52. The first-order chi connectivity index (χ1) is 62.2. The summed E-state index contributed by atoms with van der Waals surface area (Å²) in [5, 5.41) is 172. The maximum absolute atomic E-state index is 12.3. The van der Waals surface area contributed by atoms with Crippen molar-refractivity contribution in [1.29, 1.82) is 0 Å². The average molecular weight is 2090 g/mol. The average Bonchev–Trinajstić information content (AvgIpc) is 0.854. The third-order valence-corrected chi connectivity index (χ3v) is 27.7. The molecule has 56 nitrogen and oxygen atoms in total. The van der Waals surface area contributed by atoms with Crippen LogP contribution in [0, 0.1) is 0 Å². The molecule has 35 atom stereocenters. The van der Waals surface area contributed by atoms with Gasteiger partial charge in [-0.2, -0.15) is 58.9 Å². The Labute approximate surface area is 766 Å². The normalized spacial score (nSPS) is 37.9. The fourth-order valence-corrected chi connectivity index (χ4v) is 19.1. The number of aliphatic hydroxyl groups is 14. The molecule has 0 aromatic rings. The molecule has 0 radical (unpaired) electrons. The van der Waals surface area contributed by atoms with E-state index >= 15 is 0 Å². The first-order valence-corrected chi connectivity index (χ1v) is 53.8. The molecular formula is C70H126O56S7. The highest BCUT2D eigenvalue weighted by Crippen LogP contribution is 2.40. The molecule has 0 aromatic heterocycles. The lowest BCUT2D eigenvalue weighted by Gasteiger charge is -2.50. The highest BCUT2D eigenvalue weighted by molar-refractivity contribution is 7.87. The molecule has 784 valence electrons. The minimum Gasteiger partial charge on any atom is -0.387 e. The molecule has 21 N–H and O–H groups in total. The summed E-state index contributed by atoms with van der Waals surface area (Å²) in [5.74, 6) is -5.29. The summed E-state index contributed by atoms with van der Waals surface area (Å²) in [6.45, 7) is -8.33. The number of aliphatic hydroxyl groups excluding tert-OH is 14. The lowest BCUT2D eigenvalue weighted by molar-refractivity contribution is -0.397. The highest BCUT2D eigenvalue weighted by atomic mass is 32.2. The summed E-state index contributed by atoms with van der Waals surface area (Å²) >= 11 is 0. The molecule has 21 rings (SSSR count). The van der Waals surface area contributed by atoms with Gasteiger partial charge in [0, 0.05) is 46.2 Å². The second-order valence-corrected chi connectivity index (χ2v) is 43.9. The molecule has 63 heteroatoms. The van der Waals surface area contributed by atoms with Crippen LogP contribution in [0.15, 0.2) is 0 Å². The van der Waals surface area contributed by atoms with Gasteiger partial charge >= 0.3 is 0 Å². The van der Waals surface area contributed by atoms with E-state index in [1.807, 2.05) is 0 Å². The van der Waals surface area contributed by atoms with Crippen LogP contribution < -0.4 is 0 Å². The monoisotopic (exact) mass is 2090 g/mol.